The molecule has 1 aromatic heterocycles. The molecule has 0 N–H and O–H groups in total. The minimum Gasteiger partial charge on any atom is -0.452 e. The van der Waals surface area contributed by atoms with Crippen LogP contribution in [0, 0.1) is 0 Å². The van der Waals surface area contributed by atoms with Gasteiger partial charge in [0.15, 0.2) is 6.10 Å². The topological polar surface area (TPSA) is 73.5 Å². The summed E-state index contributed by atoms with van der Waals surface area (Å²) < 4.78 is 8.39. The normalized spacial score (nSPS) is 12.0. The first-order valence-electron chi connectivity index (χ1n) is 9.51. The highest BCUT2D eigenvalue weighted by molar-refractivity contribution is 5.83. The van der Waals surface area contributed by atoms with E-state index >= 15 is 0 Å². The molecule has 2 aromatic carbocycles. The summed E-state index contributed by atoms with van der Waals surface area (Å²) in [5.41, 5.74) is 2.37. The molecule has 1 heterocycles. The van der Waals surface area contributed by atoms with Crippen molar-refractivity contribution in [2.24, 2.45) is 7.05 Å². The Kier molecular flexibility index (Phi) is 6.16. The molecule has 0 spiro atoms. The molecule has 1 atom stereocenters. The predicted molar refractivity (Wildman–Crippen MR) is 110 cm³/mol. The summed E-state index contributed by atoms with van der Waals surface area (Å²) in [7, 11) is 3.37. The fraction of sp³-hybridized carbons (Fsp3) is 0.318. The highest BCUT2D eigenvalue weighted by Crippen LogP contribution is 2.12. The van der Waals surface area contributed by atoms with Gasteiger partial charge in [-0.25, -0.2) is 4.79 Å². The fourth-order valence-corrected chi connectivity index (χ4v) is 3.33. The van der Waals surface area contributed by atoms with E-state index in [0.717, 1.165) is 16.6 Å². The Morgan fingerprint density at radius 2 is 1.66 bits per heavy atom. The van der Waals surface area contributed by atoms with Crippen molar-refractivity contribution in [3.05, 3.63) is 70.6 Å². The van der Waals surface area contributed by atoms with Crippen molar-refractivity contribution in [1.82, 2.24) is 14.0 Å². The summed E-state index contributed by atoms with van der Waals surface area (Å²) in [5.74, 6) is -0.789. The Morgan fingerprint density at radius 1 is 1.03 bits per heavy atom. The van der Waals surface area contributed by atoms with E-state index in [2.05, 4.69) is 0 Å². The van der Waals surface area contributed by atoms with E-state index < -0.39 is 12.1 Å². The van der Waals surface area contributed by atoms with Crippen molar-refractivity contribution >= 4 is 22.9 Å². The SMILES string of the molecule is CC(OC(=O)CCn1c(=O)n(C)c2ccccc21)C(=O)N(C)Cc1ccccc1. The standard InChI is InChI=1S/C22H25N3O4/c1-16(21(27)23(2)15-17-9-5-4-6-10-17)29-20(26)13-14-25-19-12-8-7-11-18(19)24(3)22(25)28/h4-12,16H,13-15H2,1-3H3. The maximum absolute atomic E-state index is 12.5. The lowest BCUT2D eigenvalue weighted by Crippen LogP contribution is -2.37. The number of hydrogen-bond acceptors (Lipinski definition) is 4. The van der Waals surface area contributed by atoms with Crippen LogP contribution in [0.5, 0.6) is 0 Å². The second-order valence-electron chi connectivity index (χ2n) is 7.04. The molecule has 7 nitrogen and oxygen atoms in total. The number of amides is 1. The second-order valence-corrected chi connectivity index (χ2v) is 7.04. The smallest absolute Gasteiger partial charge is 0.328 e. The lowest BCUT2D eigenvalue weighted by Gasteiger charge is -2.21. The first-order chi connectivity index (χ1) is 13.9. The summed E-state index contributed by atoms with van der Waals surface area (Å²) in [4.78, 5) is 38.7. The van der Waals surface area contributed by atoms with E-state index in [0.29, 0.717) is 6.54 Å². The van der Waals surface area contributed by atoms with Gasteiger partial charge in [-0.3, -0.25) is 18.7 Å². The van der Waals surface area contributed by atoms with Crippen molar-refractivity contribution in [3.63, 3.8) is 0 Å². The van der Waals surface area contributed by atoms with E-state index in [1.807, 2.05) is 54.6 Å². The molecule has 0 radical (unpaired) electrons. The van der Waals surface area contributed by atoms with Crippen LogP contribution in [0.15, 0.2) is 59.4 Å². The molecule has 0 aliphatic heterocycles. The largest absolute Gasteiger partial charge is 0.452 e. The van der Waals surface area contributed by atoms with Gasteiger partial charge < -0.3 is 9.64 Å². The lowest BCUT2D eigenvalue weighted by atomic mass is 10.2. The monoisotopic (exact) mass is 395 g/mol. The number of fused-ring (bicyclic) bond motifs is 1. The number of para-hydroxylation sites is 2. The Bertz CT molecular complexity index is 1070. The average Bonchev–Trinajstić information content (AvgIpc) is 2.97. The highest BCUT2D eigenvalue weighted by Gasteiger charge is 2.22. The molecule has 3 rings (SSSR count). The van der Waals surface area contributed by atoms with E-state index in [4.69, 9.17) is 4.74 Å². The third-order valence-electron chi connectivity index (χ3n) is 4.89. The molecular formula is C22H25N3O4. The Morgan fingerprint density at radius 3 is 2.34 bits per heavy atom. The van der Waals surface area contributed by atoms with Crippen molar-refractivity contribution < 1.29 is 14.3 Å². The first-order valence-corrected chi connectivity index (χ1v) is 9.51. The Balaban J connectivity index is 1.57. The third kappa shape index (κ3) is 4.56. The second kappa shape index (κ2) is 8.77. The molecule has 1 amide bonds. The zero-order valence-electron chi connectivity index (χ0n) is 16.9. The van der Waals surface area contributed by atoms with Gasteiger partial charge in [0.05, 0.1) is 17.5 Å². The van der Waals surface area contributed by atoms with Crippen LogP contribution in [0.3, 0.4) is 0 Å². The first kappa shape index (κ1) is 20.4. The number of nitrogens with zero attached hydrogens (tertiary/aromatic N) is 3. The molecule has 7 heteroatoms. The van der Waals surface area contributed by atoms with Crippen LogP contribution in [0.2, 0.25) is 0 Å². The van der Waals surface area contributed by atoms with Gasteiger partial charge in [0, 0.05) is 27.2 Å². The van der Waals surface area contributed by atoms with Crippen molar-refractivity contribution in [2.45, 2.75) is 32.5 Å². The predicted octanol–water partition coefficient (Wildman–Crippen LogP) is 2.32. The Labute approximate surface area is 169 Å². The summed E-state index contributed by atoms with van der Waals surface area (Å²) in [6.45, 7) is 2.19. The minimum atomic E-state index is -0.888. The molecular weight excluding hydrogens is 370 g/mol. The quantitative estimate of drug-likeness (QED) is 0.576. The van der Waals surface area contributed by atoms with Crippen LogP contribution in [-0.4, -0.2) is 39.1 Å². The van der Waals surface area contributed by atoms with Crippen molar-refractivity contribution in [2.75, 3.05) is 7.05 Å². The van der Waals surface area contributed by atoms with Crippen molar-refractivity contribution in [3.8, 4) is 0 Å². The molecule has 0 saturated carbocycles. The number of esters is 1. The molecule has 29 heavy (non-hydrogen) atoms. The van der Waals surface area contributed by atoms with Gasteiger partial charge in [0.25, 0.3) is 5.91 Å². The number of likely N-dealkylation sites (N-methyl/N-ethyl adjacent to an activating group) is 1. The number of aryl methyl sites for hydroxylation is 2. The van der Waals surface area contributed by atoms with Crippen LogP contribution in [0.4, 0.5) is 0 Å². The molecule has 0 aliphatic rings. The molecule has 0 aliphatic carbocycles. The molecule has 1 unspecified atom stereocenters. The molecule has 0 bridgehead atoms. The zero-order valence-corrected chi connectivity index (χ0v) is 16.9. The van der Waals surface area contributed by atoms with E-state index in [9.17, 15) is 14.4 Å². The third-order valence-corrected chi connectivity index (χ3v) is 4.89. The van der Waals surface area contributed by atoms with Crippen LogP contribution in [0.25, 0.3) is 11.0 Å². The number of hydrogen-bond donors (Lipinski definition) is 0. The Hall–Kier alpha value is -3.35. The van der Waals surface area contributed by atoms with E-state index in [1.54, 1.807) is 30.2 Å². The highest BCUT2D eigenvalue weighted by atomic mass is 16.5. The lowest BCUT2D eigenvalue weighted by molar-refractivity contribution is -0.158. The average molecular weight is 395 g/mol. The number of carbonyl (C=O) groups excluding carboxylic acids is 2. The van der Waals surface area contributed by atoms with Crippen LogP contribution in [0.1, 0.15) is 18.9 Å². The fourth-order valence-electron chi connectivity index (χ4n) is 3.33. The van der Waals surface area contributed by atoms with Gasteiger partial charge in [0.1, 0.15) is 0 Å². The molecule has 0 fully saturated rings. The van der Waals surface area contributed by atoms with Crippen LogP contribution in [-0.2, 0) is 34.5 Å². The minimum absolute atomic E-state index is 0.00787. The number of aromatic nitrogens is 2. The number of rotatable bonds is 7. The summed E-state index contributed by atoms with van der Waals surface area (Å²) in [5, 5.41) is 0. The molecule has 0 saturated heterocycles. The van der Waals surface area contributed by atoms with Gasteiger partial charge in [-0.2, -0.15) is 0 Å². The number of ether oxygens (including phenoxy) is 1. The van der Waals surface area contributed by atoms with Gasteiger partial charge >= 0.3 is 11.7 Å². The van der Waals surface area contributed by atoms with E-state index in [-0.39, 0.29) is 24.6 Å². The number of carbonyl (C=O) groups is 2. The van der Waals surface area contributed by atoms with Gasteiger partial charge in [-0.1, -0.05) is 42.5 Å². The number of benzene rings is 2. The van der Waals surface area contributed by atoms with Gasteiger partial charge in [0.2, 0.25) is 0 Å². The van der Waals surface area contributed by atoms with E-state index in [1.165, 1.54) is 4.90 Å². The molecule has 152 valence electrons. The maximum Gasteiger partial charge on any atom is 0.328 e. The molecule has 3 aromatic rings. The van der Waals surface area contributed by atoms with Crippen molar-refractivity contribution in [1.29, 1.82) is 0 Å². The summed E-state index contributed by atoms with van der Waals surface area (Å²) in [6.07, 6.45) is -0.881. The summed E-state index contributed by atoms with van der Waals surface area (Å²) in [6, 6.07) is 17.0. The van der Waals surface area contributed by atoms with Crippen LogP contribution < -0.4 is 5.69 Å². The number of imidazole rings is 1. The zero-order chi connectivity index (χ0) is 21.0. The maximum atomic E-state index is 12.5. The summed E-state index contributed by atoms with van der Waals surface area (Å²) >= 11 is 0. The van der Waals surface area contributed by atoms with Gasteiger partial charge in [-0.15, -0.1) is 0 Å². The van der Waals surface area contributed by atoms with Crippen LogP contribution >= 0.6 is 0 Å². The van der Waals surface area contributed by atoms with Gasteiger partial charge in [-0.05, 0) is 24.6 Å².